The largest absolute Gasteiger partial charge is 0.355 e. The van der Waals surface area contributed by atoms with E-state index in [1.54, 1.807) is 5.57 Å². The molecule has 4 aliphatic rings. The van der Waals surface area contributed by atoms with Crippen LogP contribution in [0.15, 0.2) is 11.6 Å². The number of nitrogens with one attached hydrogen (secondary N) is 1. The van der Waals surface area contributed by atoms with Crippen LogP contribution in [-0.4, -0.2) is 12.5 Å². The molecule has 3 aliphatic carbocycles. The Bertz CT molecular complexity index is 342. The lowest BCUT2D eigenvalue weighted by Gasteiger charge is -2.57. The Hall–Kier alpha value is -0.790. The van der Waals surface area contributed by atoms with E-state index >= 15 is 0 Å². The maximum absolute atomic E-state index is 11.2. The number of carbonyl (C=O) groups is 1. The lowest BCUT2D eigenvalue weighted by atomic mass is 9.47. The molecule has 1 N–H and O–H groups in total. The molecule has 0 aromatic carbocycles. The summed E-state index contributed by atoms with van der Waals surface area (Å²) in [4.78, 5) is 11.2. The number of allylic oxidation sites excluding steroid dienone is 1. The minimum atomic E-state index is 0.236. The quantitative estimate of drug-likeness (QED) is 0.653. The summed E-state index contributed by atoms with van der Waals surface area (Å²) in [6.07, 6.45) is 5.76. The van der Waals surface area contributed by atoms with Gasteiger partial charge in [0.15, 0.2) is 0 Å². The third kappa shape index (κ3) is 1.20. The summed E-state index contributed by atoms with van der Waals surface area (Å²) in [5.41, 5.74) is 2.08. The molecule has 1 amide bonds. The lowest BCUT2D eigenvalue weighted by molar-refractivity contribution is -0.119. The van der Waals surface area contributed by atoms with Gasteiger partial charge in [-0.3, -0.25) is 4.79 Å². The van der Waals surface area contributed by atoms with Crippen molar-refractivity contribution in [1.82, 2.24) is 5.32 Å². The molecule has 2 nitrogen and oxygen atoms in total. The minimum absolute atomic E-state index is 0.236. The minimum Gasteiger partial charge on any atom is -0.355 e. The van der Waals surface area contributed by atoms with Gasteiger partial charge in [0.1, 0.15) is 0 Å². The Balaban J connectivity index is 1.83. The van der Waals surface area contributed by atoms with Gasteiger partial charge in [-0.25, -0.2) is 0 Å². The number of fused-ring (bicyclic) bond motifs is 1. The topological polar surface area (TPSA) is 29.1 Å². The summed E-state index contributed by atoms with van der Waals surface area (Å²) in [7, 11) is 0. The van der Waals surface area contributed by atoms with E-state index in [0.717, 1.165) is 24.8 Å². The SMILES string of the molecule is CC1(C)C2CC=C(C3CNC(=O)C3)C1C2. The predicted molar refractivity (Wildman–Crippen MR) is 59.2 cm³/mol. The smallest absolute Gasteiger partial charge is 0.220 e. The summed E-state index contributed by atoms with van der Waals surface area (Å²) in [6.45, 7) is 5.66. The molecule has 0 spiro atoms. The van der Waals surface area contributed by atoms with Gasteiger partial charge in [-0.05, 0) is 30.1 Å². The second-order valence-electron chi connectivity index (χ2n) is 5.95. The highest BCUT2D eigenvalue weighted by molar-refractivity contribution is 5.79. The van der Waals surface area contributed by atoms with Crippen molar-refractivity contribution >= 4 is 5.91 Å². The maximum atomic E-state index is 11.2. The van der Waals surface area contributed by atoms with E-state index in [2.05, 4.69) is 25.2 Å². The van der Waals surface area contributed by atoms with Gasteiger partial charge in [-0.15, -0.1) is 0 Å². The van der Waals surface area contributed by atoms with Crippen molar-refractivity contribution in [2.24, 2.45) is 23.2 Å². The van der Waals surface area contributed by atoms with Gasteiger partial charge in [0.25, 0.3) is 0 Å². The zero-order chi connectivity index (χ0) is 10.6. The normalized spacial score (nSPS) is 41.9. The molecule has 3 atom stereocenters. The van der Waals surface area contributed by atoms with Crippen LogP contribution in [0.2, 0.25) is 0 Å². The standard InChI is InChI=1S/C13H19NO/c1-13(2)9-3-4-10(11(13)6-9)8-5-12(15)14-7-8/h4,8-9,11H,3,5-7H2,1-2H3,(H,14,15). The molecule has 0 aromatic heterocycles. The van der Waals surface area contributed by atoms with Crippen LogP contribution in [0.3, 0.4) is 0 Å². The first-order valence-electron chi connectivity index (χ1n) is 6.05. The average molecular weight is 205 g/mol. The predicted octanol–water partition coefficient (Wildman–Crippen LogP) is 2.11. The Kier molecular flexibility index (Phi) is 1.80. The third-order valence-corrected chi connectivity index (χ3v) is 4.96. The molecule has 3 unspecified atom stereocenters. The molecule has 15 heavy (non-hydrogen) atoms. The molecular weight excluding hydrogens is 186 g/mol. The average Bonchev–Trinajstić information content (AvgIpc) is 2.64. The number of rotatable bonds is 1. The molecule has 0 aromatic rings. The van der Waals surface area contributed by atoms with Gasteiger partial charge in [-0.1, -0.05) is 25.5 Å². The van der Waals surface area contributed by atoms with Gasteiger partial charge in [0, 0.05) is 18.9 Å². The highest BCUT2D eigenvalue weighted by Crippen LogP contribution is 2.60. The zero-order valence-corrected chi connectivity index (χ0v) is 9.55. The van der Waals surface area contributed by atoms with Crippen molar-refractivity contribution in [3.63, 3.8) is 0 Å². The van der Waals surface area contributed by atoms with Crippen LogP contribution in [0.1, 0.15) is 33.1 Å². The monoisotopic (exact) mass is 205 g/mol. The fourth-order valence-electron chi connectivity index (χ4n) is 3.69. The summed E-state index contributed by atoms with van der Waals surface area (Å²) in [6, 6.07) is 0. The fourth-order valence-corrected chi connectivity index (χ4v) is 3.69. The van der Waals surface area contributed by atoms with Crippen LogP contribution in [0.25, 0.3) is 0 Å². The summed E-state index contributed by atoms with van der Waals surface area (Å²) >= 11 is 0. The molecule has 2 fully saturated rings. The van der Waals surface area contributed by atoms with Crippen LogP contribution >= 0.6 is 0 Å². The molecule has 4 rings (SSSR count). The zero-order valence-electron chi connectivity index (χ0n) is 9.55. The number of amides is 1. The van der Waals surface area contributed by atoms with Gasteiger partial charge in [0.05, 0.1) is 0 Å². The molecule has 1 saturated heterocycles. The van der Waals surface area contributed by atoms with Crippen molar-refractivity contribution in [3.05, 3.63) is 11.6 Å². The van der Waals surface area contributed by atoms with Crippen LogP contribution < -0.4 is 5.32 Å². The second-order valence-corrected chi connectivity index (χ2v) is 5.95. The number of carbonyl (C=O) groups excluding carboxylic acids is 1. The van der Waals surface area contributed by atoms with E-state index < -0.39 is 0 Å². The van der Waals surface area contributed by atoms with Crippen LogP contribution in [0.4, 0.5) is 0 Å². The first-order valence-corrected chi connectivity index (χ1v) is 6.05. The van der Waals surface area contributed by atoms with E-state index in [1.165, 1.54) is 12.8 Å². The molecule has 2 heteroatoms. The van der Waals surface area contributed by atoms with E-state index in [1.807, 2.05) is 0 Å². The maximum Gasteiger partial charge on any atom is 0.220 e. The van der Waals surface area contributed by atoms with Crippen molar-refractivity contribution in [2.75, 3.05) is 6.54 Å². The number of hydrogen-bond donors (Lipinski definition) is 1. The van der Waals surface area contributed by atoms with Gasteiger partial charge in [0.2, 0.25) is 5.91 Å². The van der Waals surface area contributed by atoms with Crippen molar-refractivity contribution in [1.29, 1.82) is 0 Å². The Morgan fingerprint density at radius 3 is 2.80 bits per heavy atom. The number of hydrogen-bond acceptors (Lipinski definition) is 1. The van der Waals surface area contributed by atoms with E-state index in [-0.39, 0.29) is 5.91 Å². The van der Waals surface area contributed by atoms with E-state index in [9.17, 15) is 4.79 Å². The van der Waals surface area contributed by atoms with Crippen LogP contribution in [-0.2, 0) is 4.79 Å². The molecule has 0 radical (unpaired) electrons. The summed E-state index contributed by atoms with van der Waals surface area (Å²) < 4.78 is 0. The molecule has 82 valence electrons. The molecular formula is C13H19NO. The first-order chi connectivity index (χ1) is 7.09. The molecule has 1 saturated carbocycles. The molecule has 2 bridgehead atoms. The Morgan fingerprint density at radius 1 is 1.47 bits per heavy atom. The second kappa shape index (κ2) is 2.87. The highest BCUT2D eigenvalue weighted by Gasteiger charge is 2.52. The van der Waals surface area contributed by atoms with E-state index in [0.29, 0.717) is 11.3 Å². The lowest BCUT2D eigenvalue weighted by Crippen LogP contribution is -2.49. The fraction of sp³-hybridized carbons (Fsp3) is 0.769. The van der Waals surface area contributed by atoms with Crippen LogP contribution in [0, 0.1) is 23.2 Å². The van der Waals surface area contributed by atoms with Gasteiger partial charge in [-0.2, -0.15) is 0 Å². The molecule has 1 heterocycles. The first kappa shape index (κ1) is 9.44. The Morgan fingerprint density at radius 2 is 2.27 bits per heavy atom. The Labute approximate surface area is 91.1 Å². The van der Waals surface area contributed by atoms with E-state index in [4.69, 9.17) is 0 Å². The molecule has 1 aliphatic heterocycles. The third-order valence-electron chi connectivity index (χ3n) is 4.96. The van der Waals surface area contributed by atoms with Crippen molar-refractivity contribution < 1.29 is 4.79 Å². The highest BCUT2D eigenvalue weighted by atomic mass is 16.1. The summed E-state index contributed by atoms with van der Waals surface area (Å²) in [5.74, 6) is 2.40. The van der Waals surface area contributed by atoms with Crippen LogP contribution in [0.5, 0.6) is 0 Å². The van der Waals surface area contributed by atoms with Crippen molar-refractivity contribution in [3.8, 4) is 0 Å². The van der Waals surface area contributed by atoms with Crippen molar-refractivity contribution in [2.45, 2.75) is 33.1 Å². The summed E-state index contributed by atoms with van der Waals surface area (Å²) in [5, 5.41) is 2.95. The van der Waals surface area contributed by atoms with Gasteiger partial charge >= 0.3 is 0 Å². The van der Waals surface area contributed by atoms with Gasteiger partial charge < -0.3 is 5.32 Å².